The summed E-state index contributed by atoms with van der Waals surface area (Å²) < 4.78 is 0. The van der Waals surface area contributed by atoms with Gasteiger partial charge >= 0.3 is 0 Å². The van der Waals surface area contributed by atoms with Crippen LogP contribution in [0.3, 0.4) is 0 Å². The van der Waals surface area contributed by atoms with Gasteiger partial charge in [-0.15, -0.1) is 11.8 Å². The Morgan fingerprint density at radius 2 is 2.39 bits per heavy atom. The first-order chi connectivity index (χ1) is 8.84. The summed E-state index contributed by atoms with van der Waals surface area (Å²) in [4.78, 5) is 16.1. The van der Waals surface area contributed by atoms with Gasteiger partial charge in [0.25, 0.3) is 0 Å². The first-order valence-electron chi connectivity index (χ1n) is 5.79. The van der Waals surface area contributed by atoms with E-state index < -0.39 is 0 Å². The first kappa shape index (κ1) is 11.5. The molecule has 1 saturated heterocycles. The Labute approximate surface area is 109 Å². The topological polar surface area (TPSA) is 54.0 Å². The number of hydrogen-bond acceptors (Lipinski definition) is 4. The van der Waals surface area contributed by atoms with Crippen molar-refractivity contribution in [3.8, 4) is 0 Å². The molecule has 92 valence electrons. The second kappa shape index (κ2) is 4.96. The number of nitrogens with zero attached hydrogens (tertiary/aromatic N) is 1. The minimum absolute atomic E-state index is 0.0318. The van der Waals surface area contributed by atoms with Crippen molar-refractivity contribution in [2.24, 2.45) is 0 Å². The summed E-state index contributed by atoms with van der Waals surface area (Å²) in [5.41, 5.74) is 0.846. The van der Waals surface area contributed by atoms with Crippen molar-refractivity contribution in [2.75, 3.05) is 16.9 Å². The molecule has 0 bridgehead atoms. The van der Waals surface area contributed by atoms with Crippen LogP contribution in [-0.2, 0) is 4.79 Å². The molecule has 1 aromatic heterocycles. The Morgan fingerprint density at radius 3 is 3.22 bits per heavy atom. The highest BCUT2D eigenvalue weighted by atomic mass is 32.2. The zero-order valence-electron chi connectivity index (χ0n) is 9.72. The number of hydrogen-bond donors (Lipinski definition) is 2. The molecule has 18 heavy (non-hydrogen) atoms. The molecule has 5 heteroatoms. The SMILES string of the molecule is O=C(Nc1cccc2cnccc12)C1CSCN1. The van der Waals surface area contributed by atoms with Crippen LogP contribution in [0.25, 0.3) is 10.8 Å². The number of fused-ring (bicyclic) bond motifs is 1. The van der Waals surface area contributed by atoms with Crippen molar-refractivity contribution in [1.29, 1.82) is 0 Å². The second-order valence-electron chi connectivity index (χ2n) is 4.16. The van der Waals surface area contributed by atoms with E-state index in [1.165, 1.54) is 0 Å². The molecule has 4 nitrogen and oxygen atoms in total. The lowest BCUT2D eigenvalue weighted by molar-refractivity contribution is -0.117. The fraction of sp³-hybridized carbons (Fsp3) is 0.231. The van der Waals surface area contributed by atoms with Crippen LogP contribution < -0.4 is 10.6 Å². The van der Waals surface area contributed by atoms with Crippen LogP contribution in [0.15, 0.2) is 36.7 Å². The van der Waals surface area contributed by atoms with Crippen molar-refractivity contribution < 1.29 is 4.79 Å². The van der Waals surface area contributed by atoms with E-state index in [4.69, 9.17) is 0 Å². The van der Waals surface area contributed by atoms with Crippen LogP contribution in [-0.4, -0.2) is 28.6 Å². The maximum absolute atomic E-state index is 12.1. The predicted octanol–water partition coefficient (Wildman–Crippen LogP) is 1.84. The van der Waals surface area contributed by atoms with Crippen LogP contribution in [0.4, 0.5) is 5.69 Å². The van der Waals surface area contributed by atoms with E-state index in [2.05, 4.69) is 15.6 Å². The second-order valence-corrected chi connectivity index (χ2v) is 5.19. The van der Waals surface area contributed by atoms with E-state index in [1.807, 2.05) is 24.3 Å². The maximum atomic E-state index is 12.1. The molecule has 1 aliphatic heterocycles. The minimum atomic E-state index is -0.0907. The number of rotatable bonds is 2. The molecule has 1 aliphatic rings. The highest BCUT2D eigenvalue weighted by Gasteiger charge is 2.22. The van der Waals surface area contributed by atoms with Crippen LogP contribution in [0.2, 0.25) is 0 Å². The number of carbonyl (C=O) groups excluding carboxylic acids is 1. The van der Waals surface area contributed by atoms with E-state index in [-0.39, 0.29) is 11.9 Å². The molecule has 1 amide bonds. The first-order valence-corrected chi connectivity index (χ1v) is 6.95. The van der Waals surface area contributed by atoms with Crippen molar-refractivity contribution in [3.05, 3.63) is 36.7 Å². The number of anilines is 1. The number of aromatic nitrogens is 1. The molecule has 3 rings (SSSR count). The quantitative estimate of drug-likeness (QED) is 0.864. The molecule has 0 radical (unpaired) electrons. The normalized spacial score (nSPS) is 19.0. The Hall–Kier alpha value is -1.59. The number of carbonyl (C=O) groups is 1. The zero-order valence-corrected chi connectivity index (χ0v) is 10.5. The molecule has 0 saturated carbocycles. The van der Waals surface area contributed by atoms with Gasteiger partial charge in [0.15, 0.2) is 0 Å². The summed E-state index contributed by atoms with van der Waals surface area (Å²) in [6, 6.07) is 7.66. The number of thioether (sulfide) groups is 1. The van der Waals surface area contributed by atoms with Gasteiger partial charge in [0.2, 0.25) is 5.91 Å². The largest absolute Gasteiger partial charge is 0.324 e. The molecule has 1 atom stereocenters. The lowest BCUT2D eigenvalue weighted by Crippen LogP contribution is -2.37. The average Bonchev–Trinajstić information content (AvgIpc) is 2.93. The third kappa shape index (κ3) is 2.19. The fourth-order valence-electron chi connectivity index (χ4n) is 2.01. The Morgan fingerprint density at radius 1 is 1.44 bits per heavy atom. The average molecular weight is 259 g/mol. The van der Waals surface area contributed by atoms with Crippen LogP contribution in [0.1, 0.15) is 0 Å². The molecule has 0 spiro atoms. The van der Waals surface area contributed by atoms with Crippen molar-refractivity contribution in [3.63, 3.8) is 0 Å². The predicted molar refractivity (Wildman–Crippen MR) is 74.6 cm³/mol. The third-order valence-electron chi connectivity index (χ3n) is 2.97. The standard InChI is InChI=1S/C13H13N3OS/c17-13(12-7-18-8-15-12)16-11-3-1-2-9-6-14-5-4-10(9)11/h1-6,12,15H,7-8H2,(H,16,17). The zero-order chi connectivity index (χ0) is 12.4. The Bertz CT molecular complexity index is 576. The van der Waals surface area contributed by atoms with Crippen LogP contribution >= 0.6 is 11.8 Å². The molecule has 1 aromatic carbocycles. The van der Waals surface area contributed by atoms with Crippen LogP contribution in [0, 0.1) is 0 Å². The van der Waals surface area contributed by atoms with Gasteiger partial charge in [-0.05, 0) is 12.1 Å². The van der Waals surface area contributed by atoms with E-state index in [0.717, 1.165) is 28.1 Å². The third-order valence-corrected chi connectivity index (χ3v) is 3.91. The molecule has 1 fully saturated rings. The summed E-state index contributed by atoms with van der Waals surface area (Å²) in [6.45, 7) is 0. The summed E-state index contributed by atoms with van der Waals surface area (Å²) in [5, 5.41) is 8.20. The smallest absolute Gasteiger partial charge is 0.242 e. The molecule has 2 N–H and O–H groups in total. The Kier molecular flexibility index (Phi) is 3.17. The number of nitrogens with one attached hydrogen (secondary N) is 2. The maximum Gasteiger partial charge on any atom is 0.242 e. The monoisotopic (exact) mass is 259 g/mol. The highest BCUT2D eigenvalue weighted by molar-refractivity contribution is 7.99. The van der Waals surface area contributed by atoms with E-state index >= 15 is 0 Å². The highest BCUT2D eigenvalue weighted by Crippen LogP contribution is 2.22. The van der Waals surface area contributed by atoms with Gasteiger partial charge in [0.1, 0.15) is 0 Å². The molecule has 0 aliphatic carbocycles. The Balaban J connectivity index is 1.88. The lowest BCUT2D eigenvalue weighted by atomic mass is 10.1. The number of pyridine rings is 1. The van der Waals surface area contributed by atoms with Gasteiger partial charge in [-0.2, -0.15) is 0 Å². The number of amides is 1. The molecular weight excluding hydrogens is 246 g/mol. The summed E-state index contributed by atoms with van der Waals surface area (Å²) >= 11 is 1.74. The van der Waals surface area contributed by atoms with Crippen molar-refractivity contribution in [2.45, 2.75) is 6.04 Å². The van der Waals surface area contributed by atoms with Gasteiger partial charge < -0.3 is 5.32 Å². The van der Waals surface area contributed by atoms with Gasteiger partial charge in [-0.25, -0.2) is 0 Å². The van der Waals surface area contributed by atoms with Crippen molar-refractivity contribution in [1.82, 2.24) is 10.3 Å². The van der Waals surface area contributed by atoms with Crippen molar-refractivity contribution >= 4 is 34.1 Å². The van der Waals surface area contributed by atoms with E-state index in [0.29, 0.717) is 0 Å². The molecule has 2 heterocycles. The summed E-state index contributed by atoms with van der Waals surface area (Å²) in [7, 11) is 0. The fourth-order valence-corrected chi connectivity index (χ4v) is 2.96. The van der Waals surface area contributed by atoms with E-state index in [1.54, 1.807) is 24.2 Å². The molecular formula is C13H13N3OS. The van der Waals surface area contributed by atoms with E-state index in [9.17, 15) is 4.79 Å². The van der Waals surface area contributed by atoms with Gasteiger partial charge in [-0.3, -0.25) is 15.1 Å². The summed E-state index contributed by atoms with van der Waals surface area (Å²) in [6.07, 6.45) is 3.54. The minimum Gasteiger partial charge on any atom is -0.324 e. The molecule has 1 unspecified atom stereocenters. The van der Waals surface area contributed by atoms with Gasteiger partial charge in [0.05, 0.1) is 6.04 Å². The van der Waals surface area contributed by atoms with Gasteiger partial charge in [0, 0.05) is 40.5 Å². The lowest BCUT2D eigenvalue weighted by Gasteiger charge is -2.12. The molecule has 2 aromatic rings. The summed E-state index contributed by atoms with van der Waals surface area (Å²) in [5.74, 6) is 1.71. The van der Waals surface area contributed by atoms with Gasteiger partial charge in [-0.1, -0.05) is 12.1 Å². The van der Waals surface area contributed by atoms with Crippen LogP contribution in [0.5, 0.6) is 0 Å². The number of benzene rings is 1.